The number of carbonyl (C=O) groups excluding carboxylic acids is 2. The zero-order valence-corrected chi connectivity index (χ0v) is 18.7. The molecule has 1 aromatic rings. The van der Waals surface area contributed by atoms with E-state index < -0.39 is 0 Å². The van der Waals surface area contributed by atoms with E-state index in [1.807, 2.05) is 4.90 Å². The Labute approximate surface area is 178 Å². The number of rotatable bonds is 4. The molecule has 0 radical (unpaired) electrons. The molecule has 1 aliphatic heterocycles. The highest BCUT2D eigenvalue weighted by Crippen LogP contribution is 2.60. The first-order valence-corrected chi connectivity index (χ1v) is 12.5. The molecule has 4 bridgehead atoms. The second kappa shape index (κ2) is 7.40. The van der Waals surface area contributed by atoms with Gasteiger partial charge >= 0.3 is 0 Å². The first-order chi connectivity index (χ1) is 14.0. The molecular formula is C24H34N2O2S. The summed E-state index contributed by atoms with van der Waals surface area (Å²) in [4.78, 5) is 32.7. The fraction of sp³-hybridized carbons (Fsp3) is 0.750. The quantitative estimate of drug-likeness (QED) is 0.727. The van der Waals surface area contributed by atoms with Crippen LogP contribution in [0.15, 0.2) is 6.07 Å². The molecule has 4 saturated carbocycles. The van der Waals surface area contributed by atoms with Crippen molar-refractivity contribution in [3.63, 3.8) is 0 Å². The SMILES string of the molecule is CCCc1cc(C(=O)N2CCN(C(=O)C34CC5CC(CC(C5)C3)C4)CC2)sc1C. The lowest BCUT2D eigenvalue weighted by Gasteiger charge is -2.57. The highest BCUT2D eigenvalue weighted by molar-refractivity contribution is 7.14. The summed E-state index contributed by atoms with van der Waals surface area (Å²) in [6.45, 7) is 7.07. The number of aryl methyl sites for hydroxylation is 2. The fourth-order valence-electron chi connectivity index (χ4n) is 7.12. The van der Waals surface area contributed by atoms with Crippen LogP contribution >= 0.6 is 11.3 Å². The van der Waals surface area contributed by atoms with Gasteiger partial charge in [-0.05, 0) is 81.3 Å². The van der Waals surface area contributed by atoms with E-state index in [0.717, 1.165) is 54.7 Å². The fourth-order valence-corrected chi connectivity index (χ4v) is 8.16. The first kappa shape index (κ1) is 19.6. The van der Waals surface area contributed by atoms with Gasteiger partial charge in [-0.15, -0.1) is 11.3 Å². The van der Waals surface area contributed by atoms with Crippen LogP contribution in [0.4, 0.5) is 0 Å². The van der Waals surface area contributed by atoms with Gasteiger partial charge in [-0.25, -0.2) is 0 Å². The number of hydrogen-bond acceptors (Lipinski definition) is 3. The lowest BCUT2D eigenvalue weighted by molar-refractivity contribution is -0.159. The Morgan fingerprint density at radius 1 is 1.00 bits per heavy atom. The van der Waals surface area contributed by atoms with Crippen molar-refractivity contribution in [1.82, 2.24) is 9.80 Å². The van der Waals surface area contributed by atoms with Crippen molar-refractivity contribution in [1.29, 1.82) is 0 Å². The summed E-state index contributed by atoms with van der Waals surface area (Å²) in [6, 6.07) is 2.10. The molecule has 0 aromatic carbocycles. The second-order valence-electron chi connectivity index (χ2n) is 10.2. The third-order valence-electron chi connectivity index (χ3n) is 8.10. The Bertz CT molecular complexity index is 771. The van der Waals surface area contributed by atoms with E-state index in [2.05, 4.69) is 24.8 Å². The van der Waals surface area contributed by atoms with E-state index in [4.69, 9.17) is 0 Å². The summed E-state index contributed by atoms with van der Waals surface area (Å²) in [6.07, 6.45) is 9.65. The molecule has 4 nitrogen and oxygen atoms in total. The molecule has 2 amide bonds. The molecule has 0 spiro atoms. The predicted octanol–water partition coefficient (Wildman–Crippen LogP) is 4.51. The first-order valence-electron chi connectivity index (χ1n) is 11.7. The van der Waals surface area contributed by atoms with Gasteiger partial charge in [-0.1, -0.05) is 13.3 Å². The van der Waals surface area contributed by atoms with E-state index in [0.29, 0.717) is 32.1 Å². The van der Waals surface area contributed by atoms with Crippen LogP contribution < -0.4 is 0 Å². The molecule has 5 heteroatoms. The maximum absolute atomic E-state index is 13.5. The Balaban J connectivity index is 1.22. The van der Waals surface area contributed by atoms with Gasteiger partial charge in [-0.3, -0.25) is 9.59 Å². The van der Waals surface area contributed by atoms with Gasteiger partial charge in [0.05, 0.1) is 10.3 Å². The predicted molar refractivity (Wildman–Crippen MR) is 116 cm³/mol. The Kier molecular flexibility index (Phi) is 5.00. The highest BCUT2D eigenvalue weighted by Gasteiger charge is 2.55. The van der Waals surface area contributed by atoms with Gasteiger partial charge in [0.2, 0.25) is 5.91 Å². The number of carbonyl (C=O) groups is 2. The largest absolute Gasteiger partial charge is 0.339 e. The van der Waals surface area contributed by atoms with Crippen LogP contribution in [0.3, 0.4) is 0 Å². The van der Waals surface area contributed by atoms with Crippen molar-refractivity contribution in [2.24, 2.45) is 23.2 Å². The van der Waals surface area contributed by atoms with E-state index in [-0.39, 0.29) is 11.3 Å². The topological polar surface area (TPSA) is 40.6 Å². The van der Waals surface area contributed by atoms with E-state index in [1.165, 1.54) is 29.7 Å². The molecule has 4 aliphatic carbocycles. The maximum atomic E-state index is 13.5. The van der Waals surface area contributed by atoms with Crippen molar-refractivity contribution in [3.8, 4) is 0 Å². The number of piperazine rings is 1. The average Bonchev–Trinajstić information content (AvgIpc) is 3.07. The summed E-state index contributed by atoms with van der Waals surface area (Å²) >= 11 is 1.63. The molecule has 0 unspecified atom stereocenters. The van der Waals surface area contributed by atoms with Crippen molar-refractivity contribution in [2.75, 3.05) is 26.2 Å². The molecule has 0 N–H and O–H groups in total. The minimum Gasteiger partial charge on any atom is -0.339 e. The van der Waals surface area contributed by atoms with Crippen LogP contribution in [-0.2, 0) is 11.2 Å². The Morgan fingerprint density at radius 3 is 2.10 bits per heavy atom. The highest BCUT2D eigenvalue weighted by atomic mass is 32.1. The zero-order chi connectivity index (χ0) is 20.2. The maximum Gasteiger partial charge on any atom is 0.264 e. The van der Waals surface area contributed by atoms with Gasteiger partial charge in [0.1, 0.15) is 0 Å². The lowest BCUT2D eigenvalue weighted by Crippen LogP contribution is -2.58. The van der Waals surface area contributed by atoms with Crippen molar-refractivity contribution in [2.45, 2.75) is 65.2 Å². The number of nitrogens with zero attached hydrogens (tertiary/aromatic N) is 2. The lowest BCUT2D eigenvalue weighted by atomic mass is 9.49. The average molecular weight is 415 g/mol. The minimum atomic E-state index is -0.0547. The van der Waals surface area contributed by atoms with Crippen LogP contribution in [0, 0.1) is 30.1 Å². The molecular weight excluding hydrogens is 380 g/mol. The molecule has 2 heterocycles. The molecule has 5 fully saturated rings. The monoisotopic (exact) mass is 414 g/mol. The van der Waals surface area contributed by atoms with Gasteiger partial charge in [-0.2, -0.15) is 0 Å². The van der Waals surface area contributed by atoms with Crippen LogP contribution in [0.1, 0.15) is 72.0 Å². The zero-order valence-electron chi connectivity index (χ0n) is 17.9. The van der Waals surface area contributed by atoms with Gasteiger partial charge in [0.15, 0.2) is 0 Å². The normalized spacial score (nSPS) is 33.4. The minimum absolute atomic E-state index is 0.0547. The van der Waals surface area contributed by atoms with Gasteiger partial charge in [0.25, 0.3) is 5.91 Å². The summed E-state index contributed by atoms with van der Waals surface area (Å²) in [5.74, 6) is 2.97. The number of thiophene rings is 1. The molecule has 1 aromatic heterocycles. The van der Waals surface area contributed by atoms with E-state index in [9.17, 15) is 9.59 Å². The Hall–Kier alpha value is -1.36. The molecule has 158 valence electrons. The summed E-state index contributed by atoms with van der Waals surface area (Å²) < 4.78 is 0. The van der Waals surface area contributed by atoms with Crippen LogP contribution in [0.2, 0.25) is 0 Å². The molecule has 1 saturated heterocycles. The van der Waals surface area contributed by atoms with Crippen LogP contribution in [0.5, 0.6) is 0 Å². The van der Waals surface area contributed by atoms with Crippen molar-refractivity contribution < 1.29 is 9.59 Å². The van der Waals surface area contributed by atoms with Crippen molar-refractivity contribution in [3.05, 3.63) is 21.4 Å². The second-order valence-corrected chi connectivity index (χ2v) is 11.5. The number of amides is 2. The van der Waals surface area contributed by atoms with Crippen molar-refractivity contribution >= 4 is 23.2 Å². The Morgan fingerprint density at radius 2 is 1.55 bits per heavy atom. The van der Waals surface area contributed by atoms with Gasteiger partial charge in [0, 0.05) is 31.1 Å². The van der Waals surface area contributed by atoms with Crippen LogP contribution in [0.25, 0.3) is 0 Å². The summed E-state index contributed by atoms with van der Waals surface area (Å²) in [5.41, 5.74) is 1.26. The van der Waals surface area contributed by atoms with Crippen LogP contribution in [-0.4, -0.2) is 47.8 Å². The third kappa shape index (κ3) is 3.43. The summed E-state index contributed by atoms with van der Waals surface area (Å²) in [5, 5.41) is 0. The smallest absolute Gasteiger partial charge is 0.264 e. The molecule has 5 aliphatic rings. The standard InChI is InChI=1S/C24H34N2O2S/c1-3-4-20-12-21(29-16(20)2)22(27)25-5-7-26(8-6-25)23(28)24-13-17-9-18(14-24)11-19(10-17)15-24/h12,17-19H,3-11,13-15H2,1-2H3. The summed E-state index contributed by atoms with van der Waals surface area (Å²) in [7, 11) is 0. The molecule has 0 atom stereocenters. The van der Waals surface area contributed by atoms with E-state index >= 15 is 0 Å². The number of hydrogen-bond donors (Lipinski definition) is 0. The van der Waals surface area contributed by atoms with E-state index in [1.54, 1.807) is 11.3 Å². The third-order valence-corrected chi connectivity index (χ3v) is 9.18. The molecule has 6 rings (SSSR count). The molecule has 29 heavy (non-hydrogen) atoms. The van der Waals surface area contributed by atoms with Gasteiger partial charge < -0.3 is 9.80 Å².